The van der Waals surface area contributed by atoms with Crippen molar-refractivity contribution in [2.24, 2.45) is 5.92 Å². The summed E-state index contributed by atoms with van der Waals surface area (Å²) in [6.45, 7) is 4.50. The first-order chi connectivity index (χ1) is 19.5. The van der Waals surface area contributed by atoms with E-state index in [0.29, 0.717) is 30.5 Å². The first-order valence-corrected chi connectivity index (χ1v) is 14.5. The standard InChI is InChI=1S/C31H35ClN6O2/c32-25-7-5-22(6-8-25)21-37-27-3-1-2-4-28(27)38(31(37)40)26-12-17-36(18-13-26)30(39)24-10-15-35(16-11-24)20-23-9-14-34-29(33)19-23/h1-9,14,19,24,26H,10-13,15-18,20-21H2,(H2,33,34). The van der Waals surface area contributed by atoms with Gasteiger partial charge in [-0.25, -0.2) is 9.78 Å². The molecule has 9 heteroatoms. The lowest BCUT2D eigenvalue weighted by Crippen LogP contribution is -2.46. The third-order valence-corrected chi connectivity index (χ3v) is 8.70. The molecule has 2 aromatic heterocycles. The number of carbonyl (C=O) groups excluding carboxylic acids is 1. The molecule has 4 aromatic rings. The van der Waals surface area contributed by atoms with E-state index in [1.165, 1.54) is 0 Å². The normalized spacial score (nSPS) is 17.5. The Balaban J connectivity index is 1.09. The molecule has 208 valence electrons. The van der Waals surface area contributed by atoms with Crippen molar-refractivity contribution in [2.45, 2.75) is 44.8 Å². The number of anilines is 1. The van der Waals surface area contributed by atoms with Crippen LogP contribution in [0.15, 0.2) is 71.7 Å². The number of nitrogen functional groups attached to an aromatic ring is 1. The van der Waals surface area contributed by atoms with E-state index in [2.05, 4.69) is 9.88 Å². The van der Waals surface area contributed by atoms with Crippen molar-refractivity contribution in [1.29, 1.82) is 0 Å². The number of halogens is 1. The van der Waals surface area contributed by atoms with Gasteiger partial charge in [0.1, 0.15) is 5.82 Å². The molecule has 6 rings (SSSR count). The van der Waals surface area contributed by atoms with Gasteiger partial charge in [0.15, 0.2) is 0 Å². The Bertz CT molecular complexity index is 1550. The lowest BCUT2D eigenvalue weighted by atomic mass is 9.93. The number of carbonyl (C=O) groups is 1. The lowest BCUT2D eigenvalue weighted by Gasteiger charge is -2.37. The molecule has 2 aliphatic heterocycles. The molecule has 0 radical (unpaired) electrons. The number of fused-ring (bicyclic) bond motifs is 1. The number of hydrogen-bond donors (Lipinski definition) is 1. The van der Waals surface area contributed by atoms with Crippen LogP contribution in [-0.2, 0) is 17.9 Å². The molecule has 0 atom stereocenters. The topological polar surface area (TPSA) is 89.4 Å². The Hall–Kier alpha value is -3.62. The zero-order valence-corrected chi connectivity index (χ0v) is 23.3. The minimum absolute atomic E-state index is 0.00394. The highest BCUT2D eigenvalue weighted by molar-refractivity contribution is 6.30. The summed E-state index contributed by atoms with van der Waals surface area (Å²) in [5, 5.41) is 0.681. The average molecular weight is 559 g/mol. The Morgan fingerprint density at radius 2 is 1.57 bits per heavy atom. The summed E-state index contributed by atoms with van der Waals surface area (Å²) in [4.78, 5) is 35.6. The summed E-state index contributed by atoms with van der Waals surface area (Å²) >= 11 is 6.06. The second-order valence-corrected chi connectivity index (χ2v) is 11.5. The number of likely N-dealkylation sites (tertiary alicyclic amines) is 2. The minimum atomic E-state index is 0.00394. The molecule has 4 heterocycles. The van der Waals surface area contributed by atoms with Crippen LogP contribution in [0, 0.1) is 5.92 Å². The van der Waals surface area contributed by atoms with Gasteiger partial charge in [0.05, 0.1) is 17.6 Å². The molecule has 0 saturated carbocycles. The van der Waals surface area contributed by atoms with Gasteiger partial charge < -0.3 is 10.6 Å². The van der Waals surface area contributed by atoms with Gasteiger partial charge in [0, 0.05) is 42.8 Å². The van der Waals surface area contributed by atoms with Crippen LogP contribution in [0.4, 0.5) is 5.82 Å². The summed E-state index contributed by atoms with van der Waals surface area (Å²) in [5.41, 5.74) is 9.90. The van der Waals surface area contributed by atoms with E-state index in [9.17, 15) is 9.59 Å². The van der Waals surface area contributed by atoms with Crippen LogP contribution in [0.5, 0.6) is 0 Å². The third-order valence-electron chi connectivity index (χ3n) is 8.45. The summed E-state index contributed by atoms with van der Waals surface area (Å²) in [5.74, 6) is 0.877. The maximum atomic E-state index is 13.7. The van der Waals surface area contributed by atoms with E-state index in [1.54, 1.807) is 6.20 Å². The Morgan fingerprint density at radius 1 is 0.875 bits per heavy atom. The summed E-state index contributed by atoms with van der Waals surface area (Å²) < 4.78 is 3.81. The number of amides is 1. The van der Waals surface area contributed by atoms with Crippen molar-refractivity contribution in [2.75, 3.05) is 31.9 Å². The Labute approximate surface area is 239 Å². The fourth-order valence-corrected chi connectivity index (χ4v) is 6.43. The van der Waals surface area contributed by atoms with Crippen LogP contribution in [0.2, 0.25) is 5.02 Å². The second-order valence-electron chi connectivity index (χ2n) is 11.0. The quantitative estimate of drug-likeness (QED) is 0.375. The Morgan fingerprint density at radius 3 is 2.27 bits per heavy atom. The molecule has 2 fully saturated rings. The number of pyridine rings is 1. The first kappa shape index (κ1) is 26.6. The fraction of sp³-hybridized carbons (Fsp3) is 0.387. The minimum Gasteiger partial charge on any atom is -0.384 e. The molecule has 1 amide bonds. The molecule has 2 saturated heterocycles. The van der Waals surface area contributed by atoms with Gasteiger partial charge in [-0.2, -0.15) is 0 Å². The zero-order valence-electron chi connectivity index (χ0n) is 22.6. The molecule has 2 aromatic carbocycles. The van der Waals surface area contributed by atoms with Crippen LogP contribution in [0.25, 0.3) is 11.0 Å². The van der Waals surface area contributed by atoms with E-state index in [1.807, 2.05) is 74.7 Å². The van der Waals surface area contributed by atoms with E-state index in [-0.39, 0.29) is 23.6 Å². The number of para-hydroxylation sites is 2. The molecule has 40 heavy (non-hydrogen) atoms. The van der Waals surface area contributed by atoms with Crippen molar-refractivity contribution in [3.05, 3.63) is 93.5 Å². The summed E-state index contributed by atoms with van der Waals surface area (Å²) in [6.07, 6.45) is 5.05. The molecular formula is C31H35ClN6O2. The highest BCUT2D eigenvalue weighted by Gasteiger charge is 2.32. The molecule has 0 aliphatic carbocycles. The van der Waals surface area contributed by atoms with Crippen molar-refractivity contribution in [1.82, 2.24) is 23.9 Å². The number of nitrogens with zero attached hydrogens (tertiary/aromatic N) is 5. The molecular weight excluding hydrogens is 524 g/mol. The predicted octanol–water partition coefficient (Wildman–Crippen LogP) is 4.56. The highest BCUT2D eigenvalue weighted by Crippen LogP contribution is 2.29. The Kier molecular flexibility index (Phi) is 7.63. The van der Waals surface area contributed by atoms with Crippen LogP contribution in [0.1, 0.15) is 42.9 Å². The van der Waals surface area contributed by atoms with Crippen LogP contribution in [0.3, 0.4) is 0 Å². The molecule has 8 nitrogen and oxygen atoms in total. The molecule has 0 bridgehead atoms. The van der Waals surface area contributed by atoms with E-state index in [0.717, 1.165) is 67.5 Å². The maximum absolute atomic E-state index is 13.7. The lowest BCUT2D eigenvalue weighted by molar-refractivity contribution is -0.138. The van der Waals surface area contributed by atoms with Crippen LogP contribution in [-0.4, -0.2) is 56.0 Å². The van der Waals surface area contributed by atoms with E-state index in [4.69, 9.17) is 17.3 Å². The predicted molar refractivity (Wildman–Crippen MR) is 158 cm³/mol. The number of piperidine rings is 2. The SMILES string of the molecule is Nc1cc(CN2CCC(C(=O)N3CCC(n4c(=O)n(Cc5ccc(Cl)cc5)c5ccccc54)CC3)CC2)ccn1. The number of nitrogens with two attached hydrogens (primary N) is 1. The van der Waals surface area contributed by atoms with Crippen molar-refractivity contribution in [3.8, 4) is 0 Å². The fourth-order valence-electron chi connectivity index (χ4n) is 6.30. The van der Waals surface area contributed by atoms with Crippen LogP contribution < -0.4 is 11.4 Å². The van der Waals surface area contributed by atoms with Crippen molar-refractivity contribution >= 4 is 34.4 Å². The molecule has 2 aliphatic rings. The largest absolute Gasteiger partial charge is 0.384 e. The van der Waals surface area contributed by atoms with Gasteiger partial charge in [0.25, 0.3) is 0 Å². The number of aromatic nitrogens is 3. The third kappa shape index (κ3) is 5.51. The molecule has 0 unspecified atom stereocenters. The van der Waals surface area contributed by atoms with Crippen molar-refractivity contribution < 1.29 is 4.79 Å². The van der Waals surface area contributed by atoms with E-state index < -0.39 is 0 Å². The van der Waals surface area contributed by atoms with Gasteiger partial charge >= 0.3 is 5.69 Å². The van der Waals surface area contributed by atoms with Gasteiger partial charge in [-0.15, -0.1) is 0 Å². The molecule has 2 N–H and O–H groups in total. The van der Waals surface area contributed by atoms with Crippen LogP contribution >= 0.6 is 11.6 Å². The number of hydrogen-bond acceptors (Lipinski definition) is 5. The second kappa shape index (κ2) is 11.5. The average Bonchev–Trinajstić information content (AvgIpc) is 3.25. The number of imidazole rings is 1. The van der Waals surface area contributed by atoms with Crippen molar-refractivity contribution in [3.63, 3.8) is 0 Å². The van der Waals surface area contributed by atoms with Gasteiger partial charge in [0.2, 0.25) is 5.91 Å². The first-order valence-electron chi connectivity index (χ1n) is 14.1. The van der Waals surface area contributed by atoms with Gasteiger partial charge in [-0.3, -0.25) is 18.8 Å². The van der Waals surface area contributed by atoms with Gasteiger partial charge in [-0.1, -0.05) is 35.9 Å². The zero-order chi connectivity index (χ0) is 27.6. The monoisotopic (exact) mass is 558 g/mol. The smallest absolute Gasteiger partial charge is 0.329 e. The number of rotatable bonds is 6. The summed E-state index contributed by atoms with van der Waals surface area (Å²) in [6, 6.07) is 19.6. The van der Waals surface area contributed by atoms with Gasteiger partial charge in [-0.05, 0) is 86.3 Å². The highest BCUT2D eigenvalue weighted by atomic mass is 35.5. The molecule has 0 spiro atoms. The maximum Gasteiger partial charge on any atom is 0.329 e. The number of benzene rings is 2. The van der Waals surface area contributed by atoms with E-state index >= 15 is 0 Å². The summed E-state index contributed by atoms with van der Waals surface area (Å²) in [7, 11) is 0.